The van der Waals surface area contributed by atoms with Crippen LogP contribution in [0.2, 0.25) is 0 Å². The summed E-state index contributed by atoms with van der Waals surface area (Å²) in [5.41, 5.74) is 1.20. The van der Waals surface area contributed by atoms with Gasteiger partial charge in [0.05, 0.1) is 6.04 Å². The fourth-order valence-corrected chi connectivity index (χ4v) is 4.25. The maximum Gasteiger partial charge on any atom is 0.407 e. The van der Waals surface area contributed by atoms with Gasteiger partial charge >= 0.3 is 6.09 Å². The maximum absolute atomic E-state index is 12.5. The molecule has 2 bridgehead atoms. The second-order valence-electron chi connectivity index (χ2n) is 7.31. The lowest BCUT2D eigenvalue weighted by Gasteiger charge is -2.44. The van der Waals surface area contributed by atoms with E-state index in [1.54, 1.807) is 0 Å². The highest BCUT2D eigenvalue weighted by Gasteiger charge is 2.37. The normalized spacial score (nSPS) is 31.2. The Labute approximate surface area is 138 Å². The van der Waals surface area contributed by atoms with E-state index in [0.717, 1.165) is 6.54 Å². The molecule has 2 unspecified atom stereocenters. The first-order valence-corrected chi connectivity index (χ1v) is 9.04. The number of ether oxygens (including phenoxy) is 1. The minimum atomic E-state index is -0.232. The third-order valence-electron chi connectivity index (χ3n) is 5.91. The highest BCUT2D eigenvalue weighted by molar-refractivity contribution is 5.68. The quantitative estimate of drug-likeness (QED) is 0.926. The van der Waals surface area contributed by atoms with Crippen molar-refractivity contribution in [1.82, 2.24) is 10.2 Å². The van der Waals surface area contributed by atoms with Crippen molar-refractivity contribution in [3.8, 4) is 0 Å². The van der Waals surface area contributed by atoms with E-state index in [-0.39, 0.29) is 18.2 Å². The monoisotopic (exact) mass is 314 g/mol. The third-order valence-corrected chi connectivity index (χ3v) is 5.91. The van der Waals surface area contributed by atoms with Crippen LogP contribution in [0, 0.1) is 11.8 Å². The summed E-state index contributed by atoms with van der Waals surface area (Å²) in [6.07, 6.45) is 5.84. The Morgan fingerprint density at radius 2 is 1.87 bits per heavy atom. The summed E-state index contributed by atoms with van der Waals surface area (Å²) in [6.45, 7) is 3.25. The SMILES string of the molecule is O=C(NC(c1ccccc1)C1CCC1)OC1CN2CCC1CC2. The molecule has 1 aromatic carbocycles. The summed E-state index contributed by atoms with van der Waals surface area (Å²) in [7, 11) is 0. The first kappa shape index (κ1) is 15.0. The number of carbonyl (C=O) groups excluding carboxylic acids is 1. The van der Waals surface area contributed by atoms with E-state index >= 15 is 0 Å². The Balaban J connectivity index is 1.39. The predicted molar refractivity (Wildman–Crippen MR) is 89.1 cm³/mol. The van der Waals surface area contributed by atoms with Crippen LogP contribution in [-0.4, -0.2) is 36.7 Å². The minimum Gasteiger partial charge on any atom is -0.445 e. The van der Waals surface area contributed by atoms with E-state index in [2.05, 4.69) is 22.3 Å². The van der Waals surface area contributed by atoms with Crippen molar-refractivity contribution >= 4 is 6.09 Å². The van der Waals surface area contributed by atoms with Crippen molar-refractivity contribution in [2.45, 2.75) is 44.2 Å². The van der Waals surface area contributed by atoms with Crippen molar-refractivity contribution in [1.29, 1.82) is 0 Å². The molecule has 1 aromatic rings. The lowest BCUT2D eigenvalue weighted by molar-refractivity contribution is -0.0348. The lowest BCUT2D eigenvalue weighted by Crippen LogP contribution is -2.53. The highest BCUT2D eigenvalue weighted by Crippen LogP contribution is 2.38. The van der Waals surface area contributed by atoms with Crippen LogP contribution in [0.5, 0.6) is 0 Å². The number of alkyl carbamates (subject to hydrolysis) is 1. The standard InChI is InChI=1S/C19H26N2O2/c22-19(23-17-13-21-11-9-14(17)10-12-21)20-18(16-7-4-8-16)15-5-2-1-3-6-15/h1-3,5-6,14,16-18H,4,7-13H2,(H,20,22). The molecule has 4 nitrogen and oxygen atoms in total. The van der Waals surface area contributed by atoms with Crippen molar-refractivity contribution in [2.75, 3.05) is 19.6 Å². The fraction of sp³-hybridized carbons (Fsp3) is 0.632. The molecule has 0 spiro atoms. The van der Waals surface area contributed by atoms with Gasteiger partial charge in [0.2, 0.25) is 0 Å². The predicted octanol–water partition coefficient (Wildman–Crippen LogP) is 3.35. The molecule has 0 aromatic heterocycles. The Hall–Kier alpha value is -1.55. The number of rotatable bonds is 4. The van der Waals surface area contributed by atoms with Gasteiger partial charge in [0.1, 0.15) is 6.10 Å². The van der Waals surface area contributed by atoms with Gasteiger partial charge in [0.25, 0.3) is 0 Å². The Bertz CT molecular complexity index is 536. The van der Waals surface area contributed by atoms with Crippen molar-refractivity contribution in [2.24, 2.45) is 11.8 Å². The third kappa shape index (κ3) is 3.23. The molecular weight excluding hydrogens is 288 g/mol. The number of benzene rings is 1. The zero-order chi connectivity index (χ0) is 15.6. The van der Waals surface area contributed by atoms with Crippen molar-refractivity contribution in [3.05, 3.63) is 35.9 Å². The number of hydrogen-bond donors (Lipinski definition) is 1. The molecule has 3 aliphatic heterocycles. The highest BCUT2D eigenvalue weighted by atomic mass is 16.6. The molecule has 1 aliphatic carbocycles. The number of hydrogen-bond acceptors (Lipinski definition) is 3. The Morgan fingerprint density at radius 1 is 1.13 bits per heavy atom. The van der Waals surface area contributed by atoms with Gasteiger partial charge in [-0.1, -0.05) is 36.8 Å². The largest absolute Gasteiger partial charge is 0.445 e. The molecule has 4 heteroatoms. The van der Waals surface area contributed by atoms with Gasteiger partial charge in [-0.15, -0.1) is 0 Å². The van der Waals surface area contributed by atoms with E-state index in [1.165, 1.54) is 50.8 Å². The van der Waals surface area contributed by atoms with Gasteiger partial charge in [0.15, 0.2) is 0 Å². The maximum atomic E-state index is 12.5. The van der Waals surface area contributed by atoms with E-state index in [4.69, 9.17) is 4.74 Å². The van der Waals surface area contributed by atoms with Crippen LogP contribution in [-0.2, 0) is 4.74 Å². The first-order chi connectivity index (χ1) is 11.3. The number of amides is 1. The molecule has 1 saturated carbocycles. The number of carbonyl (C=O) groups is 1. The van der Waals surface area contributed by atoms with Gasteiger partial charge in [0, 0.05) is 6.54 Å². The topological polar surface area (TPSA) is 41.6 Å². The molecule has 5 rings (SSSR count). The lowest BCUT2D eigenvalue weighted by atomic mass is 9.77. The first-order valence-electron chi connectivity index (χ1n) is 9.04. The molecule has 0 radical (unpaired) electrons. The number of nitrogens with one attached hydrogen (secondary N) is 1. The van der Waals surface area contributed by atoms with Crippen LogP contribution in [0.15, 0.2) is 30.3 Å². The Morgan fingerprint density at radius 3 is 2.43 bits per heavy atom. The van der Waals surface area contributed by atoms with Crippen molar-refractivity contribution < 1.29 is 9.53 Å². The van der Waals surface area contributed by atoms with E-state index in [9.17, 15) is 4.79 Å². The summed E-state index contributed by atoms with van der Waals surface area (Å²) in [6, 6.07) is 10.4. The van der Waals surface area contributed by atoms with Crippen LogP contribution in [0.4, 0.5) is 4.79 Å². The minimum absolute atomic E-state index is 0.0790. The average Bonchev–Trinajstić information content (AvgIpc) is 2.54. The van der Waals surface area contributed by atoms with E-state index in [0.29, 0.717) is 11.8 Å². The second-order valence-corrected chi connectivity index (χ2v) is 7.31. The summed E-state index contributed by atoms with van der Waals surface area (Å²) in [5.74, 6) is 1.11. The van der Waals surface area contributed by atoms with Gasteiger partial charge in [-0.05, 0) is 56.2 Å². The van der Waals surface area contributed by atoms with Crippen LogP contribution in [0.1, 0.15) is 43.7 Å². The average molecular weight is 314 g/mol. The van der Waals surface area contributed by atoms with Gasteiger partial charge < -0.3 is 10.1 Å². The molecular formula is C19H26N2O2. The summed E-state index contributed by atoms with van der Waals surface area (Å²) >= 11 is 0. The van der Waals surface area contributed by atoms with Crippen LogP contribution in [0.3, 0.4) is 0 Å². The molecule has 124 valence electrons. The number of fused-ring (bicyclic) bond motifs is 3. The summed E-state index contributed by atoms with van der Waals surface area (Å²) in [4.78, 5) is 14.9. The molecule has 3 saturated heterocycles. The second kappa shape index (κ2) is 6.52. The molecule has 3 heterocycles. The van der Waals surface area contributed by atoms with E-state index < -0.39 is 0 Å². The number of piperidine rings is 3. The molecule has 4 aliphatic rings. The molecule has 23 heavy (non-hydrogen) atoms. The summed E-state index contributed by atoms with van der Waals surface area (Å²) < 4.78 is 5.80. The molecule has 1 amide bonds. The van der Waals surface area contributed by atoms with Crippen molar-refractivity contribution in [3.63, 3.8) is 0 Å². The zero-order valence-electron chi connectivity index (χ0n) is 13.6. The van der Waals surface area contributed by atoms with Gasteiger partial charge in [-0.2, -0.15) is 0 Å². The van der Waals surface area contributed by atoms with Crippen LogP contribution >= 0.6 is 0 Å². The molecule has 1 N–H and O–H groups in total. The van der Waals surface area contributed by atoms with Crippen LogP contribution < -0.4 is 5.32 Å². The molecule has 4 fully saturated rings. The summed E-state index contributed by atoms with van der Waals surface area (Å²) in [5, 5.41) is 3.16. The fourth-order valence-electron chi connectivity index (χ4n) is 4.25. The van der Waals surface area contributed by atoms with E-state index in [1.807, 2.05) is 18.2 Å². The number of nitrogens with zero attached hydrogens (tertiary/aromatic N) is 1. The van der Waals surface area contributed by atoms with Crippen LogP contribution in [0.25, 0.3) is 0 Å². The van der Waals surface area contributed by atoms with Gasteiger partial charge in [-0.3, -0.25) is 4.90 Å². The Kier molecular flexibility index (Phi) is 4.25. The molecule has 2 atom stereocenters. The zero-order valence-corrected chi connectivity index (χ0v) is 13.6. The smallest absolute Gasteiger partial charge is 0.407 e. The van der Waals surface area contributed by atoms with Gasteiger partial charge in [-0.25, -0.2) is 4.79 Å².